The molecule has 0 aromatic heterocycles. The number of benzene rings is 4. The third kappa shape index (κ3) is 14.6. The summed E-state index contributed by atoms with van der Waals surface area (Å²) in [6.07, 6.45) is 5.84. The van der Waals surface area contributed by atoms with Crippen molar-refractivity contribution in [1.82, 2.24) is 0 Å². The number of carbonyl (C=O) groups is 4. The van der Waals surface area contributed by atoms with Crippen LogP contribution >= 0.6 is 23.2 Å². The number of hydrogen-bond donors (Lipinski definition) is 4. The van der Waals surface area contributed by atoms with E-state index in [4.69, 9.17) is 33.4 Å². The molecule has 0 aliphatic carbocycles. The van der Waals surface area contributed by atoms with Gasteiger partial charge in [0.2, 0.25) is 0 Å². The first-order valence-electron chi connectivity index (χ1n) is 15.1. The van der Waals surface area contributed by atoms with Crippen molar-refractivity contribution in [3.05, 3.63) is 129 Å². The number of aromatic carboxylic acids is 2. The van der Waals surface area contributed by atoms with Gasteiger partial charge in [0.05, 0.1) is 22.3 Å². The van der Waals surface area contributed by atoms with E-state index < -0.39 is 23.8 Å². The van der Waals surface area contributed by atoms with Crippen LogP contribution in [0.25, 0.3) is 0 Å². The molecule has 47 heavy (non-hydrogen) atoms. The zero-order valence-electron chi connectivity index (χ0n) is 26.3. The van der Waals surface area contributed by atoms with Crippen LogP contribution in [0.1, 0.15) is 81.0 Å². The van der Waals surface area contributed by atoms with Gasteiger partial charge in [0, 0.05) is 21.4 Å². The second kappa shape index (κ2) is 21.8. The van der Waals surface area contributed by atoms with E-state index in [0.29, 0.717) is 21.4 Å². The van der Waals surface area contributed by atoms with Crippen molar-refractivity contribution in [1.29, 1.82) is 0 Å². The SMILES string of the molecule is CCC[CH2][Sn][CH2]CCC.O=C(O)c1ccccc1C(=O)Nc1cccc(Cl)c1.O=C(O)c1ccccc1C(=O)Nc1cccc(Cl)c1. The summed E-state index contributed by atoms with van der Waals surface area (Å²) >= 11 is 11.8. The molecule has 11 heteroatoms. The molecule has 0 atom stereocenters. The number of carboxylic acid groups (broad SMARTS) is 2. The van der Waals surface area contributed by atoms with Gasteiger partial charge < -0.3 is 20.8 Å². The first-order valence-corrected chi connectivity index (χ1v) is 19.9. The fraction of sp³-hybridized carbons (Fsp3) is 0.222. The van der Waals surface area contributed by atoms with Gasteiger partial charge in [0.1, 0.15) is 0 Å². The maximum absolute atomic E-state index is 12.0. The standard InChI is InChI=1S/2C14H10ClNO3.2C4H9.Sn/c2*15-9-4-3-5-10(8-9)16-13(17)11-6-1-2-7-12(11)14(18)19;2*1-3-4-2;/h2*1-8H,(H,16,17)(H,18,19);2*1,3-4H2,2H3;. The Morgan fingerprint density at radius 2 is 0.936 bits per heavy atom. The summed E-state index contributed by atoms with van der Waals surface area (Å²) in [5.74, 6) is -3.26. The van der Waals surface area contributed by atoms with Crippen molar-refractivity contribution >= 4 is 79.5 Å². The molecule has 2 amide bonds. The van der Waals surface area contributed by atoms with Crippen LogP contribution in [-0.2, 0) is 0 Å². The quantitative estimate of drug-likeness (QED) is 0.0836. The van der Waals surface area contributed by atoms with Gasteiger partial charge >= 0.3 is 81.5 Å². The molecule has 8 nitrogen and oxygen atoms in total. The largest absolute Gasteiger partial charge is 0.478 e. The van der Waals surface area contributed by atoms with E-state index >= 15 is 0 Å². The summed E-state index contributed by atoms with van der Waals surface area (Å²) in [6, 6.07) is 25.3. The van der Waals surface area contributed by atoms with Crippen molar-refractivity contribution in [3.63, 3.8) is 0 Å². The number of halogens is 2. The molecule has 4 aromatic rings. The summed E-state index contributed by atoms with van der Waals surface area (Å²) in [7, 11) is 0. The molecule has 4 rings (SSSR count). The summed E-state index contributed by atoms with van der Waals surface area (Å²) in [6.45, 7) is 4.58. The number of hydrogen-bond acceptors (Lipinski definition) is 4. The molecule has 0 fully saturated rings. The molecule has 0 bridgehead atoms. The molecule has 2 radical (unpaired) electrons. The third-order valence-electron chi connectivity index (χ3n) is 6.38. The second-order valence-electron chi connectivity index (χ2n) is 10.1. The molecule has 246 valence electrons. The van der Waals surface area contributed by atoms with Crippen LogP contribution < -0.4 is 10.6 Å². The van der Waals surface area contributed by atoms with Crippen LogP contribution in [0.2, 0.25) is 18.9 Å². The van der Waals surface area contributed by atoms with Crippen molar-refractivity contribution in [2.45, 2.75) is 48.4 Å². The number of anilines is 2. The molecule has 0 aliphatic heterocycles. The van der Waals surface area contributed by atoms with E-state index in [2.05, 4.69) is 24.5 Å². The van der Waals surface area contributed by atoms with Crippen molar-refractivity contribution in [2.75, 3.05) is 10.6 Å². The van der Waals surface area contributed by atoms with Gasteiger partial charge in [0.25, 0.3) is 11.8 Å². The summed E-state index contributed by atoms with van der Waals surface area (Å²) < 4.78 is 3.25. The first kappa shape index (κ1) is 39.3. The Morgan fingerprint density at radius 3 is 1.26 bits per heavy atom. The fourth-order valence-corrected chi connectivity index (χ4v) is 8.53. The smallest absolute Gasteiger partial charge is 0.336 e. The number of nitrogens with one attached hydrogen (secondary N) is 2. The Balaban J connectivity index is 0.000000262. The molecule has 0 unspecified atom stereocenters. The van der Waals surface area contributed by atoms with Crippen molar-refractivity contribution in [3.8, 4) is 0 Å². The Hall–Kier alpha value is -3.86. The summed E-state index contributed by atoms with van der Waals surface area (Å²) in [5.41, 5.74) is 1.16. The zero-order chi connectivity index (χ0) is 34.6. The number of rotatable bonds is 12. The molecule has 4 aromatic carbocycles. The molecule has 0 aliphatic rings. The first-order chi connectivity index (χ1) is 22.6. The minimum absolute atomic E-state index is 0.0398. The molecule has 0 saturated heterocycles. The van der Waals surface area contributed by atoms with E-state index in [0.717, 1.165) is 0 Å². The Kier molecular flexibility index (Phi) is 18.3. The number of amides is 2. The molecule has 0 spiro atoms. The molecular formula is C36H38Cl2N2O6Sn. The molecule has 0 saturated carbocycles. The van der Waals surface area contributed by atoms with Crippen molar-refractivity contribution < 1.29 is 29.4 Å². The normalized spacial score (nSPS) is 9.96. The topological polar surface area (TPSA) is 133 Å². The Labute approximate surface area is 295 Å². The van der Waals surface area contributed by atoms with Gasteiger partial charge in [0.15, 0.2) is 0 Å². The zero-order valence-corrected chi connectivity index (χ0v) is 30.6. The molecular weight excluding hydrogens is 746 g/mol. The maximum atomic E-state index is 12.0. The fourth-order valence-electron chi connectivity index (χ4n) is 3.99. The van der Waals surface area contributed by atoms with Gasteiger partial charge in [-0.05, 0) is 60.7 Å². The average molecular weight is 784 g/mol. The average Bonchev–Trinajstić information content (AvgIpc) is 3.05. The summed E-state index contributed by atoms with van der Waals surface area (Å²) in [5, 5.41) is 24.2. The van der Waals surface area contributed by atoms with Crippen molar-refractivity contribution in [2.24, 2.45) is 0 Å². The van der Waals surface area contributed by atoms with E-state index in [1.54, 1.807) is 81.7 Å². The minimum Gasteiger partial charge on any atom is -0.478 e. The van der Waals surface area contributed by atoms with E-state index in [1.165, 1.54) is 49.9 Å². The number of carbonyl (C=O) groups excluding carboxylic acids is 2. The van der Waals surface area contributed by atoms with Gasteiger partial charge in [-0.1, -0.05) is 59.6 Å². The maximum Gasteiger partial charge on any atom is 0.336 e. The van der Waals surface area contributed by atoms with Crippen LogP contribution in [0.4, 0.5) is 11.4 Å². The van der Waals surface area contributed by atoms with Crippen LogP contribution in [0, 0.1) is 0 Å². The van der Waals surface area contributed by atoms with Gasteiger partial charge in [-0.2, -0.15) is 0 Å². The molecule has 4 N–H and O–H groups in total. The number of unbranched alkanes of at least 4 members (excludes halogenated alkanes) is 2. The van der Waals surface area contributed by atoms with Crippen LogP contribution in [-0.4, -0.2) is 55.1 Å². The van der Waals surface area contributed by atoms with Crippen LogP contribution in [0.15, 0.2) is 97.1 Å². The monoisotopic (exact) mass is 784 g/mol. The van der Waals surface area contributed by atoms with Gasteiger partial charge in [-0.3, -0.25) is 9.59 Å². The molecule has 0 heterocycles. The van der Waals surface area contributed by atoms with Gasteiger partial charge in [-0.15, -0.1) is 0 Å². The predicted octanol–water partition coefficient (Wildman–Crippen LogP) is 9.71. The van der Waals surface area contributed by atoms with Gasteiger partial charge in [-0.25, -0.2) is 9.59 Å². The van der Waals surface area contributed by atoms with Crippen LogP contribution in [0.3, 0.4) is 0 Å². The van der Waals surface area contributed by atoms with E-state index in [9.17, 15) is 19.2 Å². The van der Waals surface area contributed by atoms with Crippen LogP contribution in [0.5, 0.6) is 0 Å². The Morgan fingerprint density at radius 1 is 0.574 bits per heavy atom. The van der Waals surface area contributed by atoms with E-state index in [-0.39, 0.29) is 43.4 Å². The minimum atomic E-state index is -1.14. The predicted molar refractivity (Wildman–Crippen MR) is 191 cm³/mol. The summed E-state index contributed by atoms with van der Waals surface area (Å²) in [4.78, 5) is 46.1. The second-order valence-corrected chi connectivity index (χ2v) is 15.2. The number of carboxylic acids is 2. The Bertz CT molecular complexity index is 1510. The third-order valence-corrected chi connectivity index (χ3v) is 10.9. The van der Waals surface area contributed by atoms with E-state index in [1.807, 2.05) is 0 Å².